The van der Waals surface area contributed by atoms with Gasteiger partial charge in [0.1, 0.15) is 0 Å². The predicted molar refractivity (Wildman–Crippen MR) is 96.0 cm³/mol. The van der Waals surface area contributed by atoms with Crippen LogP contribution in [0, 0.1) is 11.8 Å². The van der Waals surface area contributed by atoms with Crippen LogP contribution in [0.15, 0.2) is 24.3 Å². The van der Waals surface area contributed by atoms with E-state index < -0.39 is 0 Å². The molecule has 0 aromatic heterocycles. The van der Waals surface area contributed by atoms with E-state index in [4.69, 9.17) is 11.6 Å². The van der Waals surface area contributed by atoms with Crippen LogP contribution in [0.3, 0.4) is 0 Å². The lowest BCUT2D eigenvalue weighted by Crippen LogP contribution is -2.52. The van der Waals surface area contributed by atoms with Crippen molar-refractivity contribution in [2.24, 2.45) is 11.8 Å². The number of nitrogens with one attached hydrogen (secondary N) is 1. The number of rotatable bonds is 3. The number of hydrogen-bond donors (Lipinski definition) is 1. The minimum atomic E-state index is 0. The first-order chi connectivity index (χ1) is 10.2. The minimum absolute atomic E-state index is 0. The second kappa shape index (κ2) is 7.91. The van der Waals surface area contributed by atoms with Crippen molar-refractivity contribution in [2.75, 3.05) is 31.1 Å². The van der Waals surface area contributed by atoms with Crippen LogP contribution in [0.4, 0.5) is 0 Å². The van der Waals surface area contributed by atoms with Crippen molar-refractivity contribution in [3.8, 4) is 0 Å². The maximum atomic E-state index is 12.8. The Hall–Kier alpha value is -0.420. The van der Waals surface area contributed by atoms with E-state index in [1.807, 2.05) is 23.9 Å². The summed E-state index contributed by atoms with van der Waals surface area (Å²) in [4.78, 5) is 14.9. The van der Waals surface area contributed by atoms with E-state index in [0.717, 1.165) is 36.2 Å². The average Bonchev–Trinajstić information content (AvgIpc) is 2.45. The summed E-state index contributed by atoms with van der Waals surface area (Å²) in [5.74, 6) is 2.93. The monoisotopic (exact) mass is 360 g/mol. The Morgan fingerprint density at radius 1 is 1.36 bits per heavy atom. The fraction of sp³-hybridized carbons (Fsp3) is 0.562. The molecule has 2 aliphatic rings. The molecule has 2 saturated heterocycles. The molecule has 2 fully saturated rings. The van der Waals surface area contributed by atoms with Gasteiger partial charge in [-0.3, -0.25) is 4.79 Å². The number of amides is 1. The SMILES string of the molecule is CC(C(=O)N1CCSCC1c1ccc(Cl)cc1)C1CNC1.Cl. The number of thioether (sulfide) groups is 1. The molecule has 2 aliphatic heterocycles. The molecule has 0 saturated carbocycles. The standard InChI is InChI=1S/C16H21ClN2OS.ClH/c1-11(13-8-18-9-13)16(20)19-6-7-21-10-15(19)12-2-4-14(17)5-3-12;/h2-5,11,13,15,18H,6-10H2,1H3;1H. The van der Waals surface area contributed by atoms with Crippen molar-refractivity contribution in [3.63, 3.8) is 0 Å². The summed E-state index contributed by atoms with van der Waals surface area (Å²) in [7, 11) is 0. The predicted octanol–water partition coefficient (Wildman–Crippen LogP) is 3.23. The number of carbonyl (C=O) groups is 1. The zero-order valence-corrected chi connectivity index (χ0v) is 15.0. The molecular weight excluding hydrogens is 339 g/mol. The third-order valence-corrected chi connectivity index (χ3v) is 5.85. The van der Waals surface area contributed by atoms with E-state index in [1.54, 1.807) is 0 Å². The molecule has 2 unspecified atom stereocenters. The van der Waals surface area contributed by atoms with Crippen LogP contribution >= 0.6 is 35.8 Å². The Kier molecular flexibility index (Phi) is 6.45. The Bertz CT molecular complexity index is 507. The van der Waals surface area contributed by atoms with Crippen LogP contribution in [0.5, 0.6) is 0 Å². The first-order valence-corrected chi connectivity index (χ1v) is 9.04. The molecule has 6 heteroatoms. The molecule has 0 aliphatic carbocycles. The van der Waals surface area contributed by atoms with Gasteiger partial charge in [-0.2, -0.15) is 11.8 Å². The zero-order chi connectivity index (χ0) is 14.8. The highest BCUT2D eigenvalue weighted by Crippen LogP contribution is 2.32. The summed E-state index contributed by atoms with van der Waals surface area (Å²) in [6.45, 7) is 4.87. The summed E-state index contributed by atoms with van der Waals surface area (Å²) in [5.41, 5.74) is 1.19. The number of carbonyl (C=O) groups excluding carboxylic acids is 1. The third-order valence-electron chi connectivity index (χ3n) is 4.58. The zero-order valence-electron chi connectivity index (χ0n) is 12.6. The average molecular weight is 361 g/mol. The highest BCUT2D eigenvalue weighted by Gasteiger charge is 2.35. The highest BCUT2D eigenvalue weighted by molar-refractivity contribution is 7.99. The van der Waals surface area contributed by atoms with E-state index in [9.17, 15) is 4.79 Å². The summed E-state index contributed by atoms with van der Waals surface area (Å²) in [6, 6.07) is 8.11. The van der Waals surface area contributed by atoms with Gasteiger partial charge in [0.2, 0.25) is 5.91 Å². The molecule has 0 radical (unpaired) electrons. The van der Waals surface area contributed by atoms with Crippen LogP contribution in [0.1, 0.15) is 18.5 Å². The van der Waals surface area contributed by atoms with E-state index in [1.165, 1.54) is 5.56 Å². The molecule has 2 heterocycles. The van der Waals surface area contributed by atoms with Gasteiger partial charge in [0.25, 0.3) is 0 Å². The van der Waals surface area contributed by atoms with E-state index in [0.29, 0.717) is 11.8 Å². The smallest absolute Gasteiger partial charge is 0.226 e. The van der Waals surface area contributed by atoms with Crippen LogP contribution in [0.25, 0.3) is 0 Å². The normalized spacial score (nSPS) is 23.4. The molecule has 1 N–H and O–H groups in total. The molecule has 1 aromatic carbocycles. The molecular formula is C16H22Cl2N2OS. The molecule has 0 spiro atoms. The Balaban J connectivity index is 0.00000176. The maximum absolute atomic E-state index is 12.8. The van der Waals surface area contributed by atoms with Crippen molar-refractivity contribution in [1.82, 2.24) is 10.2 Å². The maximum Gasteiger partial charge on any atom is 0.226 e. The van der Waals surface area contributed by atoms with Gasteiger partial charge >= 0.3 is 0 Å². The molecule has 3 rings (SSSR count). The fourth-order valence-corrected chi connectivity index (χ4v) is 4.17. The van der Waals surface area contributed by atoms with Crippen molar-refractivity contribution in [3.05, 3.63) is 34.9 Å². The fourth-order valence-electron chi connectivity index (χ4n) is 2.96. The highest BCUT2D eigenvalue weighted by atomic mass is 35.5. The van der Waals surface area contributed by atoms with Crippen LogP contribution in [-0.4, -0.2) is 41.9 Å². The number of halogens is 2. The molecule has 0 bridgehead atoms. The Morgan fingerprint density at radius 3 is 2.64 bits per heavy atom. The summed E-state index contributed by atoms with van der Waals surface area (Å²) >= 11 is 7.90. The Labute approximate surface area is 147 Å². The van der Waals surface area contributed by atoms with Gasteiger partial charge in [0, 0.05) is 29.0 Å². The van der Waals surface area contributed by atoms with Crippen molar-refractivity contribution < 1.29 is 4.79 Å². The lowest BCUT2D eigenvalue weighted by Gasteiger charge is -2.40. The first-order valence-electron chi connectivity index (χ1n) is 7.51. The van der Waals surface area contributed by atoms with Gasteiger partial charge in [-0.15, -0.1) is 12.4 Å². The Morgan fingerprint density at radius 2 is 2.05 bits per heavy atom. The lowest BCUT2D eigenvalue weighted by atomic mass is 9.87. The summed E-state index contributed by atoms with van der Waals surface area (Å²) < 4.78 is 0. The number of hydrogen-bond acceptors (Lipinski definition) is 3. The van der Waals surface area contributed by atoms with Gasteiger partial charge in [-0.05, 0) is 36.7 Å². The van der Waals surface area contributed by atoms with Crippen molar-refractivity contribution in [2.45, 2.75) is 13.0 Å². The topological polar surface area (TPSA) is 32.3 Å². The van der Waals surface area contributed by atoms with E-state index in [-0.39, 0.29) is 24.4 Å². The summed E-state index contributed by atoms with van der Waals surface area (Å²) in [5, 5.41) is 4.00. The van der Waals surface area contributed by atoms with Crippen molar-refractivity contribution >= 4 is 41.7 Å². The molecule has 2 atom stereocenters. The lowest BCUT2D eigenvalue weighted by molar-refractivity contribution is -0.139. The van der Waals surface area contributed by atoms with E-state index in [2.05, 4.69) is 29.3 Å². The number of benzene rings is 1. The molecule has 1 amide bonds. The second-order valence-electron chi connectivity index (χ2n) is 5.88. The molecule has 3 nitrogen and oxygen atoms in total. The largest absolute Gasteiger partial charge is 0.334 e. The van der Waals surface area contributed by atoms with Gasteiger partial charge in [0.05, 0.1) is 6.04 Å². The quantitative estimate of drug-likeness (QED) is 0.897. The van der Waals surface area contributed by atoms with Crippen LogP contribution in [-0.2, 0) is 4.79 Å². The minimum Gasteiger partial charge on any atom is -0.334 e. The van der Waals surface area contributed by atoms with E-state index >= 15 is 0 Å². The van der Waals surface area contributed by atoms with Gasteiger partial charge in [-0.25, -0.2) is 0 Å². The second-order valence-corrected chi connectivity index (χ2v) is 7.47. The summed E-state index contributed by atoms with van der Waals surface area (Å²) in [6.07, 6.45) is 0. The van der Waals surface area contributed by atoms with Gasteiger partial charge in [-0.1, -0.05) is 30.7 Å². The molecule has 1 aromatic rings. The third kappa shape index (κ3) is 3.73. The van der Waals surface area contributed by atoms with Gasteiger partial charge in [0.15, 0.2) is 0 Å². The van der Waals surface area contributed by atoms with Crippen LogP contribution < -0.4 is 5.32 Å². The van der Waals surface area contributed by atoms with Crippen LogP contribution in [0.2, 0.25) is 5.02 Å². The van der Waals surface area contributed by atoms with Gasteiger partial charge < -0.3 is 10.2 Å². The first kappa shape index (κ1) is 17.9. The van der Waals surface area contributed by atoms with Crippen molar-refractivity contribution in [1.29, 1.82) is 0 Å². The molecule has 122 valence electrons. The molecule has 22 heavy (non-hydrogen) atoms. The number of nitrogens with zero attached hydrogens (tertiary/aromatic N) is 1.